The second-order valence-corrected chi connectivity index (χ2v) is 6.69. The third-order valence-corrected chi connectivity index (χ3v) is 4.28. The molecule has 0 bridgehead atoms. The summed E-state index contributed by atoms with van der Waals surface area (Å²) in [5.74, 6) is 1.19. The van der Waals surface area contributed by atoms with Crippen LogP contribution in [0.15, 0.2) is 24.3 Å². The van der Waals surface area contributed by atoms with Gasteiger partial charge in [0.15, 0.2) is 11.9 Å². The van der Waals surface area contributed by atoms with E-state index in [-0.39, 0.29) is 12.5 Å². The number of aryl methyl sites for hydroxylation is 2. The fraction of sp³-hybridized carbons (Fsp3) is 0.294. The number of halogens is 2. The molecule has 1 aromatic carbocycles. The summed E-state index contributed by atoms with van der Waals surface area (Å²) in [5.41, 5.74) is 1.80. The van der Waals surface area contributed by atoms with Crippen molar-refractivity contribution in [1.82, 2.24) is 24.9 Å². The normalized spacial score (nSPS) is 12.2. The van der Waals surface area contributed by atoms with Crippen LogP contribution in [0.25, 0.3) is 5.78 Å². The third-order valence-electron chi connectivity index (χ3n) is 3.75. The minimum absolute atomic E-state index is 0.202. The number of carbonyl (C=O) groups is 1. The standard InChI is InChI=1S/C17H17Cl2N5O2/c1-9-6-10(2)24-15(22-23-17(24)21-9)8-20-16(25)11(3)26-14-5-4-12(18)7-13(14)19/h4-7,11H,8H2,1-3H3,(H,20,25). The van der Waals surface area contributed by atoms with Gasteiger partial charge in [0, 0.05) is 16.4 Å². The zero-order valence-corrected chi connectivity index (χ0v) is 16.0. The molecule has 0 spiro atoms. The van der Waals surface area contributed by atoms with E-state index in [1.807, 2.05) is 19.9 Å². The number of fused-ring (bicyclic) bond motifs is 1. The molecule has 7 nitrogen and oxygen atoms in total. The molecule has 0 saturated carbocycles. The zero-order valence-electron chi connectivity index (χ0n) is 14.5. The first-order chi connectivity index (χ1) is 12.3. The van der Waals surface area contributed by atoms with Gasteiger partial charge in [-0.25, -0.2) is 4.98 Å². The zero-order chi connectivity index (χ0) is 18.8. The quantitative estimate of drug-likeness (QED) is 0.719. The predicted octanol–water partition coefficient (Wildman–Crippen LogP) is 3.13. The molecule has 0 radical (unpaired) electrons. The van der Waals surface area contributed by atoms with E-state index < -0.39 is 6.10 Å². The molecule has 1 N–H and O–H groups in total. The van der Waals surface area contributed by atoms with Gasteiger partial charge in [-0.15, -0.1) is 10.2 Å². The van der Waals surface area contributed by atoms with Crippen molar-refractivity contribution >= 4 is 34.9 Å². The first-order valence-corrected chi connectivity index (χ1v) is 8.68. The second kappa shape index (κ2) is 7.47. The smallest absolute Gasteiger partial charge is 0.261 e. The van der Waals surface area contributed by atoms with Gasteiger partial charge in [0.05, 0.1) is 11.6 Å². The van der Waals surface area contributed by atoms with Gasteiger partial charge in [0.1, 0.15) is 5.75 Å². The van der Waals surface area contributed by atoms with Crippen LogP contribution in [-0.4, -0.2) is 31.6 Å². The monoisotopic (exact) mass is 393 g/mol. The molecule has 0 aliphatic rings. The summed E-state index contributed by atoms with van der Waals surface area (Å²) in [5, 5.41) is 11.8. The Labute approximate surface area is 160 Å². The second-order valence-electron chi connectivity index (χ2n) is 5.84. The molecule has 26 heavy (non-hydrogen) atoms. The minimum Gasteiger partial charge on any atom is -0.479 e. The lowest BCUT2D eigenvalue weighted by molar-refractivity contribution is -0.127. The van der Waals surface area contributed by atoms with Gasteiger partial charge in [0.25, 0.3) is 11.7 Å². The molecular formula is C17H17Cl2N5O2. The number of hydrogen-bond acceptors (Lipinski definition) is 5. The van der Waals surface area contributed by atoms with E-state index in [0.29, 0.717) is 27.4 Å². The summed E-state index contributed by atoms with van der Waals surface area (Å²) in [6.07, 6.45) is -0.741. The van der Waals surface area contributed by atoms with E-state index >= 15 is 0 Å². The van der Waals surface area contributed by atoms with Crippen LogP contribution in [0.3, 0.4) is 0 Å². The highest BCUT2D eigenvalue weighted by Gasteiger charge is 2.18. The molecule has 3 rings (SSSR count). The van der Waals surface area contributed by atoms with Gasteiger partial charge < -0.3 is 10.1 Å². The van der Waals surface area contributed by atoms with E-state index in [1.54, 1.807) is 29.5 Å². The predicted molar refractivity (Wildman–Crippen MR) is 98.7 cm³/mol. The van der Waals surface area contributed by atoms with Crippen LogP contribution in [0.5, 0.6) is 5.75 Å². The van der Waals surface area contributed by atoms with Crippen LogP contribution < -0.4 is 10.1 Å². The Morgan fingerprint density at radius 2 is 2.04 bits per heavy atom. The van der Waals surface area contributed by atoms with Gasteiger partial charge in [-0.1, -0.05) is 23.2 Å². The van der Waals surface area contributed by atoms with Gasteiger partial charge in [0.2, 0.25) is 0 Å². The molecule has 136 valence electrons. The number of carbonyl (C=O) groups excluding carboxylic acids is 1. The summed E-state index contributed by atoms with van der Waals surface area (Å²) < 4.78 is 7.40. The number of nitrogens with one attached hydrogen (secondary N) is 1. The van der Waals surface area contributed by atoms with Crippen molar-refractivity contribution in [2.75, 3.05) is 0 Å². The molecule has 3 aromatic rings. The number of ether oxygens (including phenoxy) is 1. The molecule has 0 aliphatic heterocycles. The molecule has 0 saturated heterocycles. The van der Waals surface area contributed by atoms with Crippen LogP contribution in [0.1, 0.15) is 24.1 Å². The molecule has 1 amide bonds. The number of benzene rings is 1. The maximum Gasteiger partial charge on any atom is 0.261 e. The van der Waals surface area contributed by atoms with Crippen LogP contribution in [0.4, 0.5) is 0 Å². The first kappa shape index (κ1) is 18.4. The van der Waals surface area contributed by atoms with Crippen molar-refractivity contribution in [3.05, 3.63) is 51.5 Å². The number of hydrogen-bond donors (Lipinski definition) is 1. The average molecular weight is 394 g/mol. The van der Waals surface area contributed by atoms with Gasteiger partial charge in [-0.05, 0) is 45.0 Å². The van der Waals surface area contributed by atoms with Crippen molar-refractivity contribution in [3.63, 3.8) is 0 Å². The molecule has 9 heteroatoms. The summed E-state index contributed by atoms with van der Waals surface area (Å²) in [7, 11) is 0. The fourth-order valence-electron chi connectivity index (χ4n) is 2.54. The fourth-order valence-corrected chi connectivity index (χ4v) is 2.99. The van der Waals surface area contributed by atoms with Gasteiger partial charge in [-0.3, -0.25) is 9.20 Å². The van der Waals surface area contributed by atoms with Crippen LogP contribution in [0, 0.1) is 13.8 Å². The highest BCUT2D eigenvalue weighted by Crippen LogP contribution is 2.28. The first-order valence-electron chi connectivity index (χ1n) is 7.93. The van der Waals surface area contributed by atoms with Crippen molar-refractivity contribution in [3.8, 4) is 5.75 Å². The highest BCUT2D eigenvalue weighted by molar-refractivity contribution is 6.35. The number of aromatic nitrogens is 4. The highest BCUT2D eigenvalue weighted by atomic mass is 35.5. The van der Waals surface area contributed by atoms with Crippen LogP contribution in [-0.2, 0) is 11.3 Å². The Morgan fingerprint density at radius 3 is 2.77 bits per heavy atom. The summed E-state index contributed by atoms with van der Waals surface area (Å²) in [4.78, 5) is 16.6. The molecule has 0 aliphatic carbocycles. The van der Waals surface area contributed by atoms with E-state index in [0.717, 1.165) is 11.4 Å². The van der Waals surface area contributed by atoms with E-state index in [9.17, 15) is 4.79 Å². The minimum atomic E-state index is -0.741. The van der Waals surface area contributed by atoms with E-state index in [2.05, 4.69) is 20.5 Å². The van der Waals surface area contributed by atoms with Gasteiger partial charge in [-0.2, -0.15) is 0 Å². The number of nitrogens with zero attached hydrogens (tertiary/aromatic N) is 4. The van der Waals surface area contributed by atoms with Crippen molar-refractivity contribution in [2.24, 2.45) is 0 Å². The van der Waals surface area contributed by atoms with Crippen molar-refractivity contribution in [1.29, 1.82) is 0 Å². The Kier molecular flexibility index (Phi) is 5.29. The SMILES string of the molecule is Cc1cc(C)n2c(CNC(=O)C(C)Oc3ccc(Cl)cc3Cl)nnc2n1. The van der Waals surface area contributed by atoms with Crippen LogP contribution >= 0.6 is 23.2 Å². The molecule has 1 atom stereocenters. The number of rotatable bonds is 5. The lowest BCUT2D eigenvalue weighted by atomic mass is 10.3. The van der Waals surface area contributed by atoms with Crippen molar-refractivity contribution < 1.29 is 9.53 Å². The molecule has 1 unspecified atom stereocenters. The summed E-state index contributed by atoms with van der Waals surface area (Å²) in [6, 6.07) is 6.75. The lowest BCUT2D eigenvalue weighted by Gasteiger charge is -2.15. The average Bonchev–Trinajstić information content (AvgIpc) is 2.98. The summed E-state index contributed by atoms with van der Waals surface area (Å²) >= 11 is 11.9. The molecular weight excluding hydrogens is 377 g/mol. The van der Waals surface area contributed by atoms with Crippen molar-refractivity contribution in [2.45, 2.75) is 33.4 Å². The van der Waals surface area contributed by atoms with Gasteiger partial charge >= 0.3 is 0 Å². The maximum atomic E-state index is 12.3. The summed E-state index contributed by atoms with van der Waals surface area (Å²) in [6.45, 7) is 5.67. The molecule has 2 heterocycles. The largest absolute Gasteiger partial charge is 0.479 e. The Hall–Kier alpha value is -2.38. The Bertz CT molecular complexity index is 973. The Morgan fingerprint density at radius 1 is 1.27 bits per heavy atom. The van der Waals surface area contributed by atoms with E-state index in [4.69, 9.17) is 27.9 Å². The number of amides is 1. The molecule has 2 aromatic heterocycles. The topological polar surface area (TPSA) is 81.4 Å². The maximum absolute atomic E-state index is 12.3. The molecule has 0 fully saturated rings. The van der Waals surface area contributed by atoms with E-state index in [1.165, 1.54) is 0 Å². The third kappa shape index (κ3) is 3.89. The Balaban J connectivity index is 1.67. The van der Waals surface area contributed by atoms with Crippen LogP contribution in [0.2, 0.25) is 10.0 Å². The lowest BCUT2D eigenvalue weighted by Crippen LogP contribution is -2.36.